The van der Waals surface area contributed by atoms with E-state index in [0.717, 1.165) is 5.56 Å². The molecule has 4 aromatic rings. The van der Waals surface area contributed by atoms with Crippen LogP contribution in [0.15, 0.2) is 48.5 Å². The number of alkyl halides is 3. The molecular weight excluding hydrogens is 443 g/mol. The van der Waals surface area contributed by atoms with E-state index in [4.69, 9.17) is 5.26 Å². The van der Waals surface area contributed by atoms with Crippen LogP contribution in [-0.2, 0) is 12.7 Å². The van der Waals surface area contributed by atoms with Crippen molar-refractivity contribution in [3.05, 3.63) is 87.9 Å². The molecule has 6 nitrogen and oxygen atoms in total. The number of nitriles is 1. The number of benzene rings is 2. The summed E-state index contributed by atoms with van der Waals surface area (Å²) in [5, 5.41) is 15.7. The SMILES string of the molecule is Cc1ccc2nc(C)cc(C(=O)Nc3c(C(F)(F)F)nn(Cc4ccc(C#N)cc4)c3C)c2c1. The molecule has 0 saturated heterocycles. The van der Waals surface area contributed by atoms with Gasteiger partial charge in [0.15, 0.2) is 5.69 Å². The largest absolute Gasteiger partial charge is 0.437 e. The highest BCUT2D eigenvalue weighted by Crippen LogP contribution is 2.36. The van der Waals surface area contributed by atoms with Gasteiger partial charge in [-0.1, -0.05) is 23.8 Å². The minimum atomic E-state index is -4.77. The van der Waals surface area contributed by atoms with E-state index in [9.17, 15) is 18.0 Å². The third-order valence-corrected chi connectivity index (χ3v) is 5.47. The molecule has 2 aromatic carbocycles. The van der Waals surface area contributed by atoms with E-state index in [-0.39, 0.29) is 23.5 Å². The number of carbonyl (C=O) groups is 1. The van der Waals surface area contributed by atoms with Crippen molar-refractivity contribution >= 4 is 22.5 Å². The monoisotopic (exact) mass is 463 g/mol. The van der Waals surface area contributed by atoms with E-state index in [1.54, 1.807) is 49.4 Å². The Morgan fingerprint density at radius 2 is 1.79 bits per heavy atom. The summed E-state index contributed by atoms with van der Waals surface area (Å²) in [5.74, 6) is -0.673. The van der Waals surface area contributed by atoms with Gasteiger partial charge in [-0.15, -0.1) is 0 Å². The highest BCUT2D eigenvalue weighted by Gasteiger charge is 2.39. The second-order valence-corrected chi connectivity index (χ2v) is 8.06. The Kier molecular flexibility index (Phi) is 5.83. The molecule has 0 atom stereocenters. The topological polar surface area (TPSA) is 83.6 Å². The van der Waals surface area contributed by atoms with Crippen molar-refractivity contribution in [2.45, 2.75) is 33.5 Å². The number of aromatic nitrogens is 3. The molecule has 4 rings (SSSR count). The maximum atomic E-state index is 13.8. The van der Waals surface area contributed by atoms with Gasteiger partial charge in [-0.25, -0.2) is 0 Å². The lowest BCUT2D eigenvalue weighted by molar-refractivity contribution is -0.140. The van der Waals surface area contributed by atoms with Crippen molar-refractivity contribution in [1.29, 1.82) is 5.26 Å². The number of carbonyl (C=O) groups excluding carboxylic acids is 1. The second-order valence-electron chi connectivity index (χ2n) is 8.06. The summed E-state index contributed by atoms with van der Waals surface area (Å²) in [4.78, 5) is 17.6. The number of hydrogen-bond donors (Lipinski definition) is 1. The third kappa shape index (κ3) is 4.48. The molecule has 1 amide bonds. The summed E-state index contributed by atoms with van der Waals surface area (Å²) >= 11 is 0. The first kappa shape index (κ1) is 23.0. The molecule has 0 bridgehead atoms. The molecule has 0 saturated carbocycles. The number of rotatable bonds is 4. The van der Waals surface area contributed by atoms with E-state index >= 15 is 0 Å². The Morgan fingerprint density at radius 1 is 1.09 bits per heavy atom. The number of pyridine rings is 1. The molecule has 0 unspecified atom stereocenters. The fourth-order valence-corrected chi connectivity index (χ4v) is 3.75. The number of hydrogen-bond acceptors (Lipinski definition) is 4. The van der Waals surface area contributed by atoms with Crippen LogP contribution in [0.4, 0.5) is 18.9 Å². The molecule has 0 fully saturated rings. The first-order valence-corrected chi connectivity index (χ1v) is 10.4. The highest BCUT2D eigenvalue weighted by atomic mass is 19.4. The minimum Gasteiger partial charge on any atom is -0.319 e. The number of halogens is 3. The molecule has 172 valence electrons. The minimum absolute atomic E-state index is 0.0486. The van der Waals surface area contributed by atoms with E-state index in [2.05, 4.69) is 15.4 Å². The van der Waals surface area contributed by atoms with Crippen LogP contribution in [0, 0.1) is 32.1 Å². The zero-order chi connectivity index (χ0) is 24.6. The van der Waals surface area contributed by atoms with Crippen LogP contribution in [0.3, 0.4) is 0 Å². The van der Waals surface area contributed by atoms with Crippen molar-refractivity contribution in [1.82, 2.24) is 14.8 Å². The van der Waals surface area contributed by atoms with Crippen LogP contribution in [0.5, 0.6) is 0 Å². The smallest absolute Gasteiger partial charge is 0.319 e. The molecule has 0 aliphatic rings. The van der Waals surface area contributed by atoms with Crippen LogP contribution in [0.25, 0.3) is 10.9 Å². The van der Waals surface area contributed by atoms with Gasteiger partial charge < -0.3 is 5.32 Å². The summed E-state index contributed by atoms with van der Waals surface area (Å²) in [7, 11) is 0. The molecule has 2 aromatic heterocycles. The Hall–Kier alpha value is -4.19. The fraction of sp³-hybridized carbons (Fsp3) is 0.200. The van der Waals surface area contributed by atoms with Gasteiger partial charge in [0.05, 0.1) is 40.6 Å². The predicted molar refractivity (Wildman–Crippen MR) is 121 cm³/mol. The molecule has 0 aliphatic heterocycles. The zero-order valence-corrected chi connectivity index (χ0v) is 18.7. The molecule has 0 radical (unpaired) electrons. The van der Waals surface area contributed by atoms with Crippen LogP contribution in [0.2, 0.25) is 0 Å². The van der Waals surface area contributed by atoms with Gasteiger partial charge >= 0.3 is 6.18 Å². The molecule has 9 heteroatoms. The Bertz CT molecular complexity index is 1450. The first-order chi connectivity index (χ1) is 16.1. The summed E-state index contributed by atoms with van der Waals surface area (Å²) in [5.41, 5.74) is 2.01. The number of nitrogens with zero attached hydrogens (tertiary/aromatic N) is 4. The summed E-state index contributed by atoms with van der Waals surface area (Å²) < 4.78 is 42.7. The summed E-state index contributed by atoms with van der Waals surface area (Å²) in [6.45, 7) is 5.10. The molecular formula is C25H20F3N5O. The Morgan fingerprint density at radius 3 is 2.44 bits per heavy atom. The Labute approximate surface area is 193 Å². The number of nitrogens with one attached hydrogen (secondary N) is 1. The summed E-state index contributed by atoms with van der Waals surface area (Å²) in [6.07, 6.45) is -4.77. The predicted octanol–water partition coefficient (Wildman–Crippen LogP) is 5.55. The quantitative estimate of drug-likeness (QED) is 0.430. The lowest BCUT2D eigenvalue weighted by atomic mass is 10.0. The molecule has 0 spiro atoms. The average molecular weight is 463 g/mol. The van der Waals surface area contributed by atoms with Gasteiger partial charge in [0.1, 0.15) is 0 Å². The van der Waals surface area contributed by atoms with E-state index in [0.29, 0.717) is 27.7 Å². The molecule has 34 heavy (non-hydrogen) atoms. The number of amides is 1. The van der Waals surface area contributed by atoms with Crippen molar-refractivity contribution in [3.63, 3.8) is 0 Å². The van der Waals surface area contributed by atoms with Gasteiger partial charge in [-0.05, 0) is 56.7 Å². The van der Waals surface area contributed by atoms with Crippen molar-refractivity contribution in [2.75, 3.05) is 5.32 Å². The van der Waals surface area contributed by atoms with E-state index < -0.39 is 17.8 Å². The van der Waals surface area contributed by atoms with Gasteiger partial charge in [-0.3, -0.25) is 14.5 Å². The zero-order valence-electron chi connectivity index (χ0n) is 18.7. The van der Waals surface area contributed by atoms with Crippen molar-refractivity contribution < 1.29 is 18.0 Å². The van der Waals surface area contributed by atoms with E-state index in [1.807, 2.05) is 19.1 Å². The van der Waals surface area contributed by atoms with Gasteiger partial charge in [0, 0.05) is 11.1 Å². The number of anilines is 1. The van der Waals surface area contributed by atoms with Crippen LogP contribution in [0.1, 0.15) is 44.1 Å². The second kappa shape index (κ2) is 8.63. The average Bonchev–Trinajstić information content (AvgIpc) is 3.09. The van der Waals surface area contributed by atoms with Crippen LogP contribution < -0.4 is 5.32 Å². The number of aryl methyl sites for hydroxylation is 2. The maximum Gasteiger partial charge on any atom is 0.437 e. The van der Waals surface area contributed by atoms with E-state index in [1.165, 1.54) is 11.6 Å². The standard InChI is InChI=1S/C25H20F3N5O/c1-14-4-9-21-19(10-14)20(11-15(2)30-21)24(34)31-22-16(3)33(32-23(22)25(26,27)28)13-18-7-5-17(12-29)6-8-18/h4-11H,13H2,1-3H3,(H,31,34). The van der Waals surface area contributed by atoms with Crippen molar-refractivity contribution in [2.24, 2.45) is 0 Å². The normalized spacial score (nSPS) is 11.4. The fourth-order valence-electron chi connectivity index (χ4n) is 3.75. The lowest BCUT2D eigenvalue weighted by Gasteiger charge is -2.12. The molecule has 1 N–H and O–H groups in total. The maximum absolute atomic E-state index is 13.8. The Balaban J connectivity index is 1.74. The van der Waals surface area contributed by atoms with Crippen LogP contribution >= 0.6 is 0 Å². The molecule has 2 heterocycles. The van der Waals surface area contributed by atoms with Crippen molar-refractivity contribution in [3.8, 4) is 6.07 Å². The third-order valence-electron chi connectivity index (χ3n) is 5.47. The van der Waals surface area contributed by atoms with Gasteiger partial charge in [0.25, 0.3) is 5.91 Å². The summed E-state index contributed by atoms with van der Waals surface area (Å²) in [6, 6.07) is 15.4. The van der Waals surface area contributed by atoms with Crippen LogP contribution in [-0.4, -0.2) is 20.7 Å². The lowest BCUT2D eigenvalue weighted by Crippen LogP contribution is -2.17. The van der Waals surface area contributed by atoms with Gasteiger partial charge in [0.2, 0.25) is 0 Å². The first-order valence-electron chi connectivity index (χ1n) is 10.4. The van der Waals surface area contributed by atoms with Gasteiger partial charge in [-0.2, -0.15) is 23.5 Å². The number of fused-ring (bicyclic) bond motifs is 1. The highest BCUT2D eigenvalue weighted by molar-refractivity contribution is 6.13. The molecule has 0 aliphatic carbocycles.